The molecule has 1 aromatic heterocycles. The van der Waals surface area contributed by atoms with Gasteiger partial charge in [0.2, 0.25) is 0 Å². The average Bonchev–Trinajstić information content (AvgIpc) is 3.01. The molecule has 0 radical (unpaired) electrons. The van der Waals surface area contributed by atoms with Crippen molar-refractivity contribution >= 4 is 45.9 Å². The van der Waals surface area contributed by atoms with Gasteiger partial charge in [-0.05, 0) is 35.9 Å². The van der Waals surface area contributed by atoms with E-state index < -0.39 is 0 Å². The lowest BCUT2D eigenvalue weighted by Crippen LogP contribution is -2.13. The smallest absolute Gasteiger partial charge is 0.259 e. The Morgan fingerprint density at radius 3 is 2.39 bits per heavy atom. The number of hydrogen-bond donors (Lipinski definition) is 1. The molecule has 0 saturated heterocycles. The molecule has 1 N–H and O–H groups in total. The topological polar surface area (TPSA) is 34.0 Å². The SMILES string of the molecule is Cn1c(SCc2ccccc2)c(C(=O)Nc2ccc(Cl)cc2)c2ccccc21. The van der Waals surface area contributed by atoms with Crippen LogP contribution in [0.15, 0.2) is 83.9 Å². The van der Waals surface area contributed by atoms with Gasteiger partial charge in [-0.1, -0.05) is 60.1 Å². The zero-order valence-corrected chi connectivity index (χ0v) is 16.9. The minimum atomic E-state index is -0.116. The highest BCUT2D eigenvalue weighted by atomic mass is 35.5. The first kappa shape index (κ1) is 18.7. The van der Waals surface area contributed by atoms with Crippen molar-refractivity contribution in [3.05, 3.63) is 95.0 Å². The maximum atomic E-state index is 13.2. The second-order valence-electron chi connectivity index (χ2n) is 6.49. The summed E-state index contributed by atoms with van der Waals surface area (Å²) in [6.45, 7) is 0. The minimum Gasteiger partial charge on any atom is -0.338 e. The Morgan fingerprint density at radius 2 is 1.64 bits per heavy atom. The number of aryl methyl sites for hydroxylation is 1. The average molecular weight is 407 g/mol. The van der Waals surface area contributed by atoms with Crippen molar-refractivity contribution in [1.29, 1.82) is 0 Å². The second-order valence-corrected chi connectivity index (χ2v) is 7.89. The van der Waals surface area contributed by atoms with E-state index in [1.807, 2.05) is 61.6 Å². The maximum Gasteiger partial charge on any atom is 0.259 e. The molecule has 0 bridgehead atoms. The van der Waals surface area contributed by atoms with Gasteiger partial charge in [-0.25, -0.2) is 0 Å². The van der Waals surface area contributed by atoms with E-state index in [-0.39, 0.29) is 5.91 Å². The predicted molar refractivity (Wildman–Crippen MR) is 118 cm³/mol. The Balaban J connectivity index is 1.70. The number of aromatic nitrogens is 1. The van der Waals surface area contributed by atoms with E-state index in [1.54, 1.807) is 23.9 Å². The van der Waals surface area contributed by atoms with Crippen LogP contribution in [0.5, 0.6) is 0 Å². The summed E-state index contributed by atoms with van der Waals surface area (Å²) in [5.41, 5.74) is 3.69. The molecular weight excluding hydrogens is 388 g/mol. The summed E-state index contributed by atoms with van der Waals surface area (Å²) >= 11 is 7.63. The van der Waals surface area contributed by atoms with Crippen molar-refractivity contribution in [2.75, 3.05) is 5.32 Å². The third-order valence-electron chi connectivity index (χ3n) is 4.60. The largest absolute Gasteiger partial charge is 0.338 e. The number of para-hydroxylation sites is 1. The number of thioether (sulfide) groups is 1. The van der Waals surface area contributed by atoms with Crippen molar-refractivity contribution in [3.8, 4) is 0 Å². The van der Waals surface area contributed by atoms with Crippen LogP contribution in [0.25, 0.3) is 10.9 Å². The van der Waals surface area contributed by atoms with Crippen LogP contribution in [-0.2, 0) is 12.8 Å². The van der Waals surface area contributed by atoms with Crippen LogP contribution < -0.4 is 5.32 Å². The van der Waals surface area contributed by atoms with Gasteiger partial charge in [0.15, 0.2) is 0 Å². The second kappa shape index (κ2) is 8.13. The first-order valence-corrected chi connectivity index (χ1v) is 10.3. The number of carbonyl (C=O) groups excluding carboxylic acids is 1. The molecule has 0 aliphatic rings. The molecule has 4 rings (SSSR count). The van der Waals surface area contributed by atoms with Gasteiger partial charge in [-0.15, -0.1) is 11.8 Å². The molecule has 5 heteroatoms. The van der Waals surface area contributed by atoms with Gasteiger partial charge in [0, 0.05) is 34.4 Å². The van der Waals surface area contributed by atoms with Gasteiger partial charge >= 0.3 is 0 Å². The highest BCUT2D eigenvalue weighted by molar-refractivity contribution is 7.98. The number of halogens is 1. The molecule has 28 heavy (non-hydrogen) atoms. The Labute approximate surface area is 173 Å². The lowest BCUT2D eigenvalue weighted by Gasteiger charge is -2.09. The number of fused-ring (bicyclic) bond motifs is 1. The van der Waals surface area contributed by atoms with E-state index in [0.717, 1.165) is 27.4 Å². The van der Waals surface area contributed by atoms with Gasteiger partial charge in [0.05, 0.1) is 10.6 Å². The molecule has 0 aliphatic heterocycles. The highest BCUT2D eigenvalue weighted by Crippen LogP contribution is 2.34. The van der Waals surface area contributed by atoms with E-state index in [0.29, 0.717) is 10.6 Å². The number of carbonyl (C=O) groups is 1. The zero-order chi connectivity index (χ0) is 19.5. The standard InChI is InChI=1S/C23H19ClN2OS/c1-26-20-10-6-5-9-19(20)21(22(27)25-18-13-11-17(24)12-14-18)23(26)28-15-16-7-3-2-4-8-16/h2-14H,15H2,1H3,(H,25,27). The van der Waals surface area contributed by atoms with Crippen molar-refractivity contribution in [3.63, 3.8) is 0 Å². The van der Waals surface area contributed by atoms with Gasteiger partial charge in [-0.2, -0.15) is 0 Å². The Kier molecular flexibility index (Phi) is 5.42. The lowest BCUT2D eigenvalue weighted by molar-refractivity contribution is 0.102. The van der Waals surface area contributed by atoms with Crippen LogP contribution in [0.4, 0.5) is 5.69 Å². The monoisotopic (exact) mass is 406 g/mol. The lowest BCUT2D eigenvalue weighted by atomic mass is 10.1. The van der Waals surface area contributed by atoms with E-state index in [9.17, 15) is 4.79 Å². The number of hydrogen-bond acceptors (Lipinski definition) is 2. The summed E-state index contributed by atoms with van der Waals surface area (Å²) in [5, 5.41) is 5.55. The van der Waals surface area contributed by atoms with Crippen molar-refractivity contribution in [1.82, 2.24) is 4.57 Å². The Hall–Kier alpha value is -2.69. The number of amides is 1. The molecule has 4 aromatic rings. The fraction of sp³-hybridized carbons (Fsp3) is 0.0870. The van der Waals surface area contributed by atoms with E-state index in [4.69, 9.17) is 11.6 Å². The molecule has 0 aliphatic carbocycles. The van der Waals surface area contributed by atoms with Crippen molar-refractivity contribution in [2.24, 2.45) is 7.05 Å². The Bertz CT molecular complexity index is 1120. The Morgan fingerprint density at radius 1 is 0.964 bits per heavy atom. The summed E-state index contributed by atoms with van der Waals surface area (Å²) in [5.74, 6) is 0.682. The highest BCUT2D eigenvalue weighted by Gasteiger charge is 2.21. The number of nitrogens with one attached hydrogen (secondary N) is 1. The normalized spacial score (nSPS) is 10.9. The van der Waals surface area contributed by atoms with Crippen LogP contribution in [0.3, 0.4) is 0 Å². The number of benzene rings is 3. The van der Waals surface area contributed by atoms with Gasteiger partial charge in [0.1, 0.15) is 0 Å². The van der Waals surface area contributed by atoms with E-state index in [1.165, 1.54) is 5.56 Å². The van der Waals surface area contributed by atoms with Crippen LogP contribution in [0.2, 0.25) is 5.02 Å². The van der Waals surface area contributed by atoms with E-state index in [2.05, 4.69) is 22.0 Å². The molecule has 140 valence electrons. The molecular formula is C23H19ClN2OS. The fourth-order valence-electron chi connectivity index (χ4n) is 3.21. The van der Waals surface area contributed by atoms with E-state index >= 15 is 0 Å². The molecule has 3 aromatic carbocycles. The molecule has 0 atom stereocenters. The number of anilines is 1. The molecule has 0 fully saturated rings. The quantitative estimate of drug-likeness (QED) is 0.390. The summed E-state index contributed by atoms with van der Waals surface area (Å²) in [4.78, 5) is 13.2. The van der Waals surface area contributed by atoms with Crippen LogP contribution in [-0.4, -0.2) is 10.5 Å². The third kappa shape index (κ3) is 3.79. The first-order chi connectivity index (χ1) is 13.6. The van der Waals surface area contributed by atoms with Crippen LogP contribution >= 0.6 is 23.4 Å². The molecule has 1 amide bonds. The summed E-state index contributed by atoms with van der Waals surface area (Å²) in [7, 11) is 2.01. The molecule has 3 nitrogen and oxygen atoms in total. The number of rotatable bonds is 5. The zero-order valence-electron chi connectivity index (χ0n) is 15.4. The first-order valence-electron chi connectivity index (χ1n) is 8.94. The maximum absolute atomic E-state index is 13.2. The minimum absolute atomic E-state index is 0.116. The molecule has 0 spiro atoms. The van der Waals surface area contributed by atoms with Crippen LogP contribution in [0.1, 0.15) is 15.9 Å². The number of nitrogens with zero attached hydrogens (tertiary/aromatic N) is 1. The molecule has 1 heterocycles. The molecule has 0 unspecified atom stereocenters. The van der Waals surface area contributed by atoms with Crippen LogP contribution in [0, 0.1) is 0 Å². The summed E-state index contributed by atoms with van der Waals surface area (Å²) < 4.78 is 2.10. The van der Waals surface area contributed by atoms with Gasteiger partial charge < -0.3 is 9.88 Å². The van der Waals surface area contributed by atoms with Gasteiger partial charge in [-0.3, -0.25) is 4.79 Å². The fourth-order valence-corrected chi connectivity index (χ4v) is 4.47. The third-order valence-corrected chi connectivity index (χ3v) is 6.08. The van der Waals surface area contributed by atoms with Crippen molar-refractivity contribution < 1.29 is 4.79 Å². The van der Waals surface area contributed by atoms with Gasteiger partial charge in [0.25, 0.3) is 5.91 Å². The van der Waals surface area contributed by atoms with Crippen molar-refractivity contribution in [2.45, 2.75) is 10.8 Å². The molecule has 0 saturated carbocycles. The summed E-state index contributed by atoms with van der Waals surface area (Å²) in [6.07, 6.45) is 0. The summed E-state index contributed by atoms with van der Waals surface area (Å²) in [6, 6.07) is 25.4. The predicted octanol–water partition coefficient (Wildman–Crippen LogP) is 6.38.